The third-order valence-electron chi connectivity index (χ3n) is 4.84. The van der Waals surface area contributed by atoms with Crippen molar-refractivity contribution in [1.82, 2.24) is 4.31 Å². The van der Waals surface area contributed by atoms with Crippen LogP contribution in [-0.2, 0) is 21.4 Å². The standard InChI is InChI=1S/C23H21N3O4S/c1-30-20-13-7-5-11-18(20)25-23(27)15-22-24-19-12-6-8-14-21(19)31(28,29)26(22)16-17-9-3-2-4-10-17/h2-14H,15-16H2,1H3,(H,25,27). The average Bonchev–Trinajstić information content (AvgIpc) is 2.77. The van der Waals surface area contributed by atoms with Crippen molar-refractivity contribution >= 4 is 33.1 Å². The van der Waals surface area contributed by atoms with Crippen molar-refractivity contribution in [2.45, 2.75) is 17.9 Å². The van der Waals surface area contributed by atoms with Crippen LogP contribution >= 0.6 is 0 Å². The summed E-state index contributed by atoms with van der Waals surface area (Å²) < 4.78 is 33.2. The molecule has 0 spiro atoms. The molecule has 0 unspecified atom stereocenters. The number of hydrogen-bond acceptors (Lipinski definition) is 5. The molecule has 1 heterocycles. The van der Waals surface area contributed by atoms with Gasteiger partial charge in [0.1, 0.15) is 16.5 Å². The molecule has 31 heavy (non-hydrogen) atoms. The molecule has 0 radical (unpaired) electrons. The molecule has 3 aromatic carbocycles. The van der Waals surface area contributed by atoms with Gasteiger partial charge in [0, 0.05) is 0 Å². The second-order valence-corrected chi connectivity index (χ2v) is 8.75. The Hall–Kier alpha value is -3.65. The van der Waals surface area contributed by atoms with Crippen LogP contribution in [0.2, 0.25) is 0 Å². The van der Waals surface area contributed by atoms with E-state index in [0.29, 0.717) is 17.1 Å². The maximum atomic E-state index is 13.4. The van der Waals surface area contributed by atoms with Crippen molar-refractivity contribution in [2.75, 3.05) is 12.4 Å². The Morgan fingerprint density at radius 2 is 1.65 bits per heavy atom. The number of nitrogens with zero attached hydrogens (tertiary/aromatic N) is 2. The first-order valence-corrected chi connectivity index (χ1v) is 11.1. The summed E-state index contributed by atoms with van der Waals surface area (Å²) in [6.07, 6.45) is -0.210. The first-order chi connectivity index (χ1) is 15.0. The summed E-state index contributed by atoms with van der Waals surface area (Å²) in [5.74, 6) is 0.284. The summed E-state index contributed by atoms with van der Waals surface area (Å²) >= 11 is 0. The van der Waals surface area contributed by atoms with Gasteiger partial charge in [0.05, 0.1) is 31.5 Å². The van der Waals surface area contributed by atoms with Crippen molar-refractivity contribution in [2.24, 2.45) is 4.99 Å². The van der Waals surface area contributed by atoms with E-state index >= 15 is 0 Å². The molecule has 3 aromatic rings. The molecule has 0 aliphatic carbocycles. The largest absolute Gasteiger partial charge is 0.495 e. The van der Waals surface area contributed by atoms with E-state index in [4.69, 9.17) is 4.74 Å². The third kappa shape index (κ3) is 4.29. The summed E-state index contributed by atoms with van der Waals surface area (Å²) in [5, 5.41) is 2.78. The van der Waals surface area contributed by atoms with Gasteiger partial charge in [-0.2, -0.15) is 0 Å². The Labute approximate surface area is 181 Å². The second kappa shape index (κ2) is 8.61. The lowest BCUT2D eigenvalue weighted by Gasteiger charge is -2.29. The van der Waals surface area contributed by atoms with E-state index in [2.05, 4.69) is 10.3 Å². The van der Waals surface area contributed by atoms with Gasteiger partial charge >= 0.3 is 0 Å². The molecule has 1 amide bonds. The van der Waals surface area contributed by atoms with Crippen LogP contribution in [-0.4, -0.2) is 31.6 Å². The SMILES string of the molecule is COc1ccccc1NC(=O)CC1=Nc2ccccc2S(=O)(=O)N1Cc1ccccc1. The maximum absolute atomic E-state index is 13.4. The number of rotatable bonds is 6. The number of anilines is 1. The average molecular weight is 436 g/mol. The van der Waals surface area contributed by atoms with Crippen LogP contribution in [0.4, 0.5) is 11.4 Å². The summed E-state index contributed by atoms with van der Waals surface area (Å²) in [7, 11) is -2.35. The Morgan fingerprint density at radius 3 is 2.42 bits per heavy atom. The molecule has 8 heteroatoms. The number of aliphatic imine (C=N–C) groups is 1. The number of methoxy groups -OCH3 is 1. The molecule has 158 valence electrons. The van der Waals surface area contributed by atoms with Gasteiger partial charge in [-0.25, -0.2) is 17.7 Å². The van der Waals surface area contributed by atoms with E-state index in [1.165, 1.54) is 17.5 Å². The smallest absolute Gasteiger partial charge is 0.267 e. The number of benzene rings is 3. The zero-order valence-electron chi connectivity index (χ0n) is 16.9. The van der Waals surface area contributed by atoms with Crippen LogP contribution in [0.3, 0.4) is 0 Å². The minimum atomic E-state index is -3.86. The highest BCUT2D eigenvalue weighted by atomic mass is 32.2. The van der Waals surface area contributed by atoms with Crippen LogP contribution in [0.1, 0.15) is 12.0 Å². The van der Waals surface area contributed by atoms with Gasteiger partial charge in [0.15, 0.2) is 0 Å². The van der Waals surface area contributed by atoms with Gasteiger partial charge in [-0.3, -0.25) is 4.79 Å². The number of nitrogens with one attached hydrogen (secondary N) is 1. The van der Waals surface area contributed by atoms with Gasteiger partial charge < -0.3 is 10.1 Å². The molecular formula is C23H21N3O4S. The number of carbonyl (C=O) groups is 1. The van der Waals surface area contributed by atoms with Crippen molar-refractivity contribution in [1.29, 1.82) is 0 Å². The normalized spacial score (nSPS) is 14.4. The summed E-state index contributed by atoms with van der Waals surface area (Å²) in [5.41, 5.74) is 1.62. The first-order valence-electron chi connectivity index (χ1n) is 9.65. The molecule has 0 atom stereocenters. The monoisotopic (exact) mass is 435 g/mol. The quantitative estimate of drug-likeness (QED) is 0.635. The number of ether oxygens (including phenoxy) is 1. The van der Waals surface area contributed by atoms with Gasteiger partial charge in [-0.1, -0.05) is 54.6 Å². The molecule has 1 aliphatic heterocycles. The number of sulfonamides is 1. The number of fused-ring (bicyclic) bond motifs is 1. The van der Waals surface area contributed by atoms with Crippen LogP contribution in [0.15, 0.2) is 88.8 Å². The summed E-state index contributed by atoms with van der Waals surface area (Å²) in [4.78, 5) is 17.4. The molecule has 7 nitrogen and oxygen atoms in total. The predicted octanol–water partition coefficient (Wildman–Crippen LogP) is 3.96. The number of amidine groups is 1. The zero-order valence-corrected chi connectivity index (χ0v) is 17.7. The predicted molar refractivity (Wildman–Crippen MR) is 119 cm³/mol. The highest BCUT2D eigenvalue weighted by molar-refractivity contribution is 7.90. The van der Waals surface area contributed by atoms with Gasteiger partial charge in [0.2, 0.25) is 5.91 Å². The second-order valence-electron chi connectivity index (χ2n) is 6.92. The van der Waals surface area contributed by atoms with E-state index in [-0.39, 0.29) is 23.7 Å². The fourth-order valence-corrected chi connectivity index (χ4v) is 4.93. The number of hydrogen-bond donors (Lipinski definition) is 1. The Morgan fingerprint density at radius 1 is 0.968 bits per heavy atom. The van der Waals surface area contributed by atoms with E-state index in [1.807, 2.05) is 30.3 Å². The van der Waals surface area contributed by atoms with Crippen LogP contribution in [0.5, 0.6) is 5.75 Å². The lowest BCUT2D eigenvalue weighted by Crippen LogP contribution is -2.40. The third-order valence-corrected chi connectivity index (χ3v) is 6.66. The zero-order chi connectivity index (χ0) is 21.8. The number of carbonyl (C=O) groups excluding carboxylic acids is 1. The number of para-hydroxylation sites is 3. The molecule has 1 aliphatic rings. The van der Waals surface area contributed by atoms with E-state index < -0.39 is 15.9 Å². The highest BCUT2D eigenvalue weighted by Crippen LogP contribution is 2.34. The maximum Gasteiger partial charge on any atom is 0.267 e. The summed E-state index contributed by atoms with van der Waals surface area (Å²) in [6.45, 7) is 0.0816. The Bertz CT molecular complexity index is 1240. The van der Waals surface area contributed by atoms with E-state index in [0.717, 1.165) is 5.56 Å². The minimum absolute atomic E-state index is 0.0816. The molecular weight excluding hydrogens is 414 g/mol. The van der Waals surface area contributed by atoms with Crippen molar-refractivity contribution in [3.63, 3.8) is 0 Å². The van der Waals surface area contributed by atoms with Crippen LogP contribution < -0.4 is 10.1 Å². The van der Waals surface area contributed by atoms with Gasteiger partial charge in [-0.05, 0) is 29.8 Å². The molecule has 0 aromatic heterocycles. The van der Waals surface area contributed by atoms with Gasteiger partial charge in [0.25, 0.3) is 10.0 Å². The molecule has 0 saturated heterocycles. The van der Waals surface area contributed by atoms with E-state index in [9.17, 15) is 13.2 Å². The van der Waals surface area contributed by atoms with Crippen molar-refractivity contribution in [3.8, 4) is 5.75 Å². The van der Waals surface area contributed by atoms with Crippen LogP contribution in [0.25, 0.3) is 0 Å². The van der Waals surface area contributed by atoms with E-state index in [1.54, 1.807) is 42.5 Å². The molecule has 0 saturated carbocycles. The molecule has 0 fully saturated rings. The molecule has 4 rings (SSSR count). The van der Waals surface area contributed by atoms with Crippen molar-refractivity contribution < 1.29 is 17.9 Å². The first kappa shape index (κ1) is 20.6. The van der Waals surface area contributed by atoms with Crippen molar-refractivity contribution in [3.05, 3.63) is 84.4 Å². The van der Waals surface area contributed by atoms with Crippen LogP contribution in [0, 0.1) is 0 Å². The fraction of sp³-hybridized carbons (Fsp3) is 0.130. The lowest BCUT2D eigenvalue weighted by molar-refractivity contribution is -0.115. The summed E-state index contributed by atoms with van der Waals surface area (Å²) in [6, 6.07) is 22.8. The Balaban J connectivity index is 1.67. The fourth-order valence-electron chi connectivity index (χ4n) is 3.36. The number of amides is 1. The Kier molecular flexibility index (Phi) is 5.73. The minimum Gasteiger partial charge on any atom is -0.495 e. The molecule has 1 N–H and O–H groups in total. The molecule has 0 bridgehead atoms. The lowest BCUT2D eigenvalue weighted by atomic mass is 10.2. The highest BCUT2D eigenvalue weighted by Gasteiger charge is 2.34. The topological polar surface area (TPSA) is 88.1 Å². The van der Waals surface area contributed by atoms with Gasteiger partial charge in [-0.15, -0.1) is 0 Å².